The molecule has 0 bridgehead atoms. The third kappa shape index (κ3) is 2.41. The first kappa shape index (κ1) is 12.3. The number of amides is 1. The molecule has 0 aliphatic carbocycles. The first-order chi connectivity index (χ1) is 8.61. The molecule has 0 saturated heterocycles. The Labute approximate surface area is 105 Å². The van der Waals surface area contributed by atoms with Gasteiger partial charge in [0.25, 0.3) is 5.91 Å². The maximum atomic E-state index is 12.0. The van der Waals surface area contributed by atoms with Crippen molar-refractivity contribution in [1.82, 2.24) is 4.98 Å². The minimum atomic E-state index is -0.320. The molecule has 0 radical (unpaired) electrons. The van der Waals surface area contributed by atoms with Gasteiger partial charge in [0.2, 0.25) is 11.7 Å². The van der Waals surface area contributed by atoms with Gasteiger partial charge in [-0.3, -0.25) is 4.79 Å². The van der Waals surface area contributed by atoms with Crippen LogP contribution in [0.2, 0.25) is 0 Å². The molecule has 1 amide bonds. The summed E-state index contributed by atoms with van der Waals surface area (Å²) in [6, 6.07) is 5.82. The molecule has 2 rings (SSSR count). The van der Waals surface area contributed by atoms with Crippen LogP contribution in [0.1, 0.15) is 27.6 Å². The second-order valence-corrected chi connectivity index (χ2v) is 4.04. The van der Waals surface area contributed by atoms with Crippen LogP contribution in [0.4, 0.5) is 5.69 Å². The van der Waals surface area contributed by atoms with Crippen LogP contribution in [0.5, 0.6) is 0 Å². The summed E-state index contributed by atoms with van der Waals surface area (Å²) >= 11 is 0. The predicted molar refractivity (Wildman–Crippen MR) is 68.3 cm³/mol. The van der Waals surface area contributed by atoms with E-state index in [-0.39, 0.29) is 18.2 Å². The highest BCUT2D eigenvalue weighted by Crippen LogP contribution is 2.20. The molecular formula is C13H15N3O2. The van der Waals surface area contributed by atoms with E-state index >= 15 is 0 Å². The average Bonchev–Trinajstić information content (AvgIpc) is 2.82. The number of hydrogen-bond acceptors (Lipinski definition) is 4. The molecule has 1 aromatic heterocycles. The fraction of sp³-hybridized carbons (Fsp3) is 0.231. The number of benzene rings is 1. The molecule has 94 valence electrons. The molecule has 1 aromatic carbocycles. The van der Waals surface area contributed by atoms with E-state index in [1.54, 1.807) is 0 Å². The van der Waals surface area contributed by atoms with E-state index in [0.29, 0.717) is 5.89 Å². The molecule has 0 saturated carbocycles. The summed E-state index contributed by atoms with van der Waals surface area (Å²) in [4.78, 5) is 15.9. The van der Waals surface area contributed by atoms with Gasteiger partial charge in [-0.05, 0) is 25.0 Å². The molecule has 2 aromatic rings. The van der Waals surface area contributed by atoms with Gasteiger partial charge in [0.15, 0.2) is 0 Å². The first-order valence-corrected chi connectivity index (χ1v) is 5.64. The van der Waals surface area contributed by atoms with Gasteiger partial charge in [0, 0.05) is 5.69 Å². The van der Waals surface area contributed by atoms with Crippen LogP contribution in [-0.4, -0.2) is 10.9 Å². The average molecular weight is 245 g/mol. The van der Waals surface area contributed by atoms with Gasteiger partial charge in [-0.2, -0.15) is 0 Å². The van der Waals surface area contributed by atoms with E-state index in [1.807, 2.05) is 32.0 Å². The number of nitrogens with two attached hydrogens (primary N) is 1. The van der Waals surface area contributed by atoms with Crippen LogP contribution in [0, 0.1) is 13.8 Å². The van der Waals surface area contributed by atoms with E-state index in [4.69, 9.17) is 10.2 Å². The maximum absolute atomic E-state index is 12.0. The van der Waals surface area contributed by atoms with Crippen LogP contribution in [0.3, 0.4) is 0 Å². The fourth-order valence-electron chi connectivity index (χ4n) is 1.70. The number of anilines is 1. The molecular weight excluding hydrogens is 230 g/mol. The van der Waals surface area contributed by atoms with Crippen LogP contribution < -0.4 is 11.1 Å². The number of nitrogens with zero attached hydrogens (tertiary/aromatic N) is 1. The number of carbonyl (C=O) groups excluding carboxylic acids is 1. The second-order valence-electron chi connectivity index (χ2n) is 4.04. The highest BCUT2D eigenvalue weighted by molar-refractivity contribution is 6.02. The van der Waals surface area contributed by atoms with Gasteiger partial charge >= 0.3 is 0 Å². The molecule has 18 heavy (non-hydrogen) atoms. The van der Waals surface area contributed by atoms with Gasteiger partial charge in [0.1, 0.15) is 0 Å². The Morgan fingerprint density at radius 1 is 1.39 bits per heavy atom. The third-order valence-corrected chi connectivity index (χ3v) is 2.67. The monoisotopic (exact) mass is 245 g/mol. The quantitative estimate of drug-likeness (QED) is 0.866. The van der Waals surface area contributed by atoms with E-state index in [9.17, 15) is 4.79 Å². The number of hydrogen-bond donors (Lipinski definition) is 2. The summed E-state index contributed by atoms with van der Waals surface area (Å²) < 4.78 is 5.20. The van der Waals surface area contributed by atoms with Crippen LogP contribution in [-0.2, 0) is 6.54 Å². The Morgan fingerprint density at radius 2 is 2.06 bits per heavy atom. The van der Waals surface area contributed by atoms with Crippen molar-refractivity contribution in [3.63, 3.8) is 0 Å². The summed E-state index contributed by atoms with van der Waals surface area (Å²) in [5.74, 6) is 0.194. The Morgan fingerprint density at radius 3 is 2.61 bits per heavy atom. The van der Waals surface area contributed by atoms with E-state index in [0.717, 1.165) is 16.8 Å². The number of nitrogens with one attached hydrogen (secondary N) is 1. The van der Waals surface area contributed by atoms with E-state index in [2.05, 4.69) is 10.3 Å². The number of para-hydroxylation sites is 1. The van der Waals surface area contributed by atoms with Gasteiger partial charge < -0.3 is 15.5 Å². The molecule has 0 spiro atoms. The first-order valence-electron chi connectivity index (χ1n) is 5.64. The van der Waals surface area contributed by atoms with Gasteiger partial charge in [-0.15, -0.1) is 0 Å². The summed E-state index contributed by atoms with van der Waals surface area (Å²) in [6.45, 7) is 4.05. The van der Waals surface area contributed by atoms with Crippen molar-refractivity contribution in [3.05, 3.63) is 47.2 Å². The van der Waals surface area contributed by atoms with Crippen LogP contribution in [0.15, 0.2) is 28.8 Å². The molecule has 0 aliphatic heterocycles. The number of aryl methyl sites for hydroxylation is 2. The lowest BCUT2D eigenvalue weighted by Crippen LogP contribution is -2.13. The minimum absolute atomic E-state index is 0.165. The zero-order chi connectivity index (χ0) is 13.1. The number of oxazole rings is 1. The lowest BCUT2D eigenvalue weighted by Gasteiger charge is -2.09. The number of rotatable bonds is 3. The SMILES string of the molecule is Cc1cccc(C)c1NC(=O)c1cnc(CN)o1. The second kappa shape index (κ2) is 5.01. The zero-order valence-corrected chi connectivity index (χ0v) is 10.4. The summed E-state index contributed by atoms with van der Waals surface area (Å²) in [5, 5.41) is 2.82. The molecule has 3 N–H and O–H groups in total. The van der Waals surface area contributed by atoms with Crippen molar-refractivity contribution >= 4 is 11.6 Å². The third-order valence-electron chi connectivity index (χ3n) is 2.67. The van der Waals surface area contributed by atoms with Crippen LogP contribution >= 0.6 is 0 Å². The molecule has 0 fully saturated rings. The Bertz CT molecular complexity index is 555. The molecule has 1 heterocycles. The van der Waals surface area contributed by atoms with Crippen molar-refractivity contribution in [2.75, 3.05) is 5.32 Å². The fourth-order valence-corrected chi connectivity index (χ4v) is 1.70. The lowest BCUT2D eigenvalue weighted by atomic mass is 10.1. The highest BCUT2D eigenvalue weighted by atomic mass is 16.4. The molecule has 0 atom stereocenters. The number of aromatic nitrogens is 1. The van der Waals surface area contributed by atoms with Crippen molar-refractivity contribution in [2.45, 2.75) is 20.4 Å². The largest absolute Gasteiger partial charge is 0.434 e. The molecule has 5 heteroatoms. The molecule has 0 unspecified atom stereocenters. The van der Waals surface area contributed by atoms with Crippen molar-refractivity contribution < 1.29 is 9.21 Å². The minimum Gasteiger partial charge on any atom is -0.434 e. The summed E-state index contributed by atoms with van der Waals surface area (Å²) in [5.41, 5.74) is 8.18. The lowest BCUT2D eigenvalue weighted by molar-refractivity contribution is 0.0995. The Kier molecular flexibility index (Phi) is 3.43. The topological polar surface area (TPSA) is 81.2 Å². The van der Waals surface area contributed by atoms with Gasteiger partial charge in [-0.1, -0.05) is 18.2 Å². The van der Waals surface area contributed by atoms with Crippen molar-refractivity contribution in [1.29, 1.82) is 0 Å². The van der Waals surface area contributed by atoms with Crippen molar-refractivity contribution in [3.8, 4) is 0 Å². The molecule has 0 aliphatic rings. The Hall–Kier alpha value is -2.14. The van der Waals surface area contributed by atoms with Crippen LogP contribution in [0.25, 0.3) is 0 Å². The predicted octanol–water partition coefficient (Wildman–Crippen LogP) is 2.00. The number of carbonyl (C=O) groups is 1. The van der Waals surface area contributed by atoms with Crippen molar-refractivity contribution in [2.24, 2.45) is 5.73 Å². The van der Waals surface area contributed by atoms with E-state index in [1.165, 1.54) is 6.20 Å². The van der Waals surface area contributed by atoms with Gasteiger partial charge in [0.05, 0.1) is 12.7 Å². The molecule has 5 nitrogen and oxygen atoms in total. The van der Waals surface area contributed by atoms with Gasteiger partial charge in [-0.25, -0.2) is 4.98 Å². The smallest absolute Gasteiger partial charge is 0.293 e. The Balaban J connectivity index is 2.21. The maximum Gasteiger partial charge on any atom is 0.293 e. The zero-order valence-electron chi connectivity index (χ0n) is 10.4. The highest BCUT2D eigenvalue weighted by Gasteiger charge is 2.14. The van der Waals surface area contributed by atoms with E-state index < -0.39 is 0 Å². The summed E-state index contributed by atoms with van der Waals surface area (Å²) in [6.07, 6.45) is 1.38. The normalized spacial score (nSPS) is 10.4. The standard InChI is InChI=1S/C13H15N3O2/c1-8-4-3-5-9(2)12(8)16-13(17)10-7-15-11(6-14)18-10/h3-5,7H,6,14H2,1-2H3,(H,16,17). The summed E-state index contributed by atoms with van der Waals surface area (Å²) in [7, 11) is 0.